The van der Waals surface area contributed by atoms with Gasteiger partial charge in [0.15, 0.2) is 9.84 Å². The fraction of sp³-hybridized carbons (Fsp3) is 0.273. The molecule has 0 saturated heterocycles. The molecule has 0 aliphatic heterocycles. The van der Waals surface area contributed by atoms with Gasteiger partial charge in [0.25, 0.3) is 0 Å². The number of aromatic amines is 1. The summed E-state index contributed by atoms with van der Waals surface area (Å²) >= 11 is 0. The third-order valence-corrected chi connectivity index (χ3v) is 3.58. The Morgan fingerprint density at radius 1 is 1.33 bits per heavy atom. The molecule has 0 aliphatic carbocycles. The van der Waals surface area contributed by atoms with Crippen LogP contribution in [0.5, 0.6) is 0 Å². The van der Waals surface area contributed by atoms with Crippen LogP contribution >= 0.6 is 0 Å². The van der Waals surface area contributed by atoms with E-state index < -0.39 is 9.84 Å². The molecule has 2 rings (SSSR count). The molecular weight excluding hydrogens is 252 g/mol. The predicted octanol–water partition coefficient (Wildman–Crippen LogP) is 0.863. The fourth-order valence-corrected chi connectivity index (χ4v) is 2.47. The van der Waals surface area contributed by atoms with Gasteiger partial charge in [-0.15, -0.1) is 0 Å². The summed E-state index contributed by atoms with van der Waals surface area (Å²) in [6.45, 7) is 0.585. The molecule has 0 spiro atoms. The van der Waals surface area contributed by atoms with Gasteiger partial charge in [0.2, 0.25) is 0 Å². The zero-order valence-electron chi connectivity index (χ0n) is 9.92. The van der Waals surface area contributed by atoms with Crippen molar-refractivity contribution in [3.63, 3.8) is 0 Å². The summed E-state index contributed by atoms with van der Waals surface area (Å²) in [5, 5.41) is 9.58. The number of H-pyrrole nitrogens is 1. The van der Waals surface area contributed by atoms with Gasteiger partial charge in [0.1, 0.15) is 12.2 Å². The van der Waals surface area contributed by atoms with Crippen LogP contribution in [0.2, 0.25) is 0 Å². The Kier molecular flexibility index (Phi) is 3.61. The van der Waals surface area contributed by atoms with Crippen LogP contribution in [0, 0.1) is 0 Å². The normalized spacial score (nSPS) is 11.4. The number of hydrogen-bond acceptors (Lipinski definition) is 5. The van der Waals surface area contributed by atoms with Gasteiger partial charge < -0.3 is 5.32 Å². The average molecular weight is 266 g/mol. The van der Waals surface area contributed by atoms with Crippen LogP contribution < -0.4 is 5.32 Å². The lowest BCUT2D eigenvalue weighted by atomic mass is 10.3. The minimum Gasteiger partial charge on any atom is -0.384 e. The quantitative estimate of drug-likeness (QED) is 0.838. The number of nitrogens with zero attached hydrogens (tertiary/aromatic N) is 2. The predicted molar refractivity (Wildman–Crippen MR) is 68.1 cm³/mol. The number of sulfone groups is 1. The summed E-state index contributed by atoms with van der Waals surface area (Å²) in [7, 11) is -3.22. The summed E-state index contributed by atoms with van der Waals surface area (Å²) in [6, 6.07) is 6.84. The first kappa shape index (κ1) is 12.6. The van der Waals surface area contributed by atoms with Crippen LogP contribution in [0.4, 0.5) is 5.69 Å². The number of anilines is 1. The van der Waals surface area contributed by atoms with Crippen molar-refractivity contribution in [1.29, 1.82) is 0 Å². The van der Waals surface area contributed by atoms with Crippen LogP contribution in [0.1, 0.15) is 5.82 Å². The molecule has 1 aromatic heterocycles. The first-order chi connectivity index (χ1) is 8.57. The molecule has 0 amide bonds. The minimum atomic E-state index is -3.22. The molecule has 2 aromatic rings. The van der Waals surface area contributed by atoms with E-state index in [0.29, 0.717) is 23.5 Å². The van der Waals surface area contributed by atoms with Gasteiger partial charge in [-0.25, -0.2) is 13.4 Å². The van der Waals surface area contributed by atoms with Crippen molar-refractivity contribution in [3.8, 4) is 0 Å². The first-order valence-corrected chi connectivity index (χ1v) is 7.34. The lowest BCUT2D eigenvalue weighted by Gasteiger charge is -2.09. The number of aromatic nitrogens is 3. The molecule has 96 valence electrons. The maximum atomic E-state index is 11.6. The maximum Gasteiger partial charge on any atom is 0.177 e. The summed E-state index contributed by atoms with van der Waals surface area (Å²) in [4.78, 5) is 4.30. The van der Waals surface area contributed by atoms with Gasteiger partial charge in [0.05, 0.1) is 10.6 Å². The zero-order chi connectivity index (χ0) is 13.0. The average Bonchev–Trinajstić information content (AvgIpc) is 2.81. The highest BCUT2D eigenvalue weighted by atomic mass is 32.2. The van der Waals surface area contributed by atoms with Crippen LogP contribution in [0.25, 0.3) is 0 Å². The van der Waals surface area contributed by atoms with E-state index in [4.69, 9.17) is 0 Å². The van der Waals surface area contributed by atoms with Gasteiger partial charge in [-0.2, -0.15) is 5.10 Å². The SMILES string of the molecule is CS(=O)(=O)c1ccccc1NCCc1ncn[nH]1. The second kappa shape index (κ2) is 5.18. The highest BCUT2D eigenvalue weighted by molar-refractivity contribution is 7.90. The molecule has 6 nitrogen and oxygen atoms in total. The lowest BCUT2D eigenvalue weighted by Crippen LogP contribution is -2.09. The van der Waals surface area contributed by atoms with E-state index in [9.17, 15) is 8.42 Å². The van der Waals surface area contributed by atoms with Crippen LogP contribution in [0.15, 0.2) is 35.5 Å². The zero-order valence-corrected chi connectivity index (χ0v) is 10.7. The maximum absolute atomic E-state index is 11.6. The van der Waals surface area contributed by atoms with Gasteiger partial charge in [0, 0.05) is 19.2 Å². The molecule has 0 fully saturated rings. The topological polar surface area (TPSA) is 87.7 Å². The van der Waals surface area contributed by atoms with Gasteiger partial charge in [-0.05, 0) is 12.1 Å². The second-order valence-corrected chi connectivity index (χ2v) is 5.86. The van der Waals surface area contributed by atoms with E-state index in [-0.39, 0.29) is 0 Å². The van der Waals surface area contributed by atoms with E-state index in [1.807, 2.05) is 0 Å². The molecule has 2 N–H and O–H groups in total. The van der Waals surface area contributed by atoms with Gasteiger partial charge >= 0.3 is 0 Å². The van der Waals surface area contributed by atoms with Crippen molar-refractivity contribution in [2.45, 2.75) is 11.3 Å². The van der Waals surface area contributed by atoms with Crippen LogP contribution in [-0.2, 0) is 16.3 Å². The monoisotopic (exact) mass is 266 g/mol. The molecule has 0 aliphatic rings. The number of benzene rings is 1. The summed E-state index contributed by atoms with van der Waals surface area (Å²) in [6.07, 6.45) is 3.29. The van der Waals surface area contributed by atoms with Gasteiger partial charge in [-0.3, -0.25) is 5.10 Å². The van der Waals surface area contributed by atoms with Crippen molar-refractivity contribution in [2.24, 2.45) is 0 Å². The molecule has 0 radical (unpaired) electrons. The molecule has 0 saturated carbocycles. The Morgan fingerprint density at radius 2 is 2.11 bits per heavy atom. The highest BCUT2D eigenvalue weighted by Gasteiger charge is 2.11. The van der Waals surface area contributed by atoms with E-state index in [2.05, 4.69) is 20.5 Å². The van der Waals surface area contributed by atoms with Crippen LogP contribution in [-0.4, -0.2) is 36.4 Å². The van der Waals surface area contributed by atoms with Crippen molar-refractivity contribution < 1.29 is 8.42 Å². The molecule has 7 heteroatoms. The Labute approximate surface area is 105 Å². The Balaban J connectivity index is 2.06. The Hall–Kier alpha value is -1.89. The molecule has 0 bridgehead atoms. The highest BCUT2D eigenvalue weighted by Crippen LogP contribution is 2.20. The fourth-order valence-electron chi connectivity index (χ4n) is 1.60. The van der Waals surface area contributed by atoms with Crippen molar-refractivity contribution in [3.05, 3.63) is 36.4 Å². The first-order valence-electron chi connectivity index (χ1n) is 5.44. The Morgan fingerprint density at radius 3 is 2.78 bits per heavy atom. The molecule has 0 atom stereocenters. The molecule has 1 aromatic carbocycles. The van der Waals surface area contributed by atoms with E-state index in [1.54, 1.807) is 24.3 Å². The van der Waals surface area contributed by atoms with Crippen molar-refractivity contribution in [2.75, 3.05) is 18.1 Å². The Bertz CT molecular complexity index is 608. The van der Waals surface area contributed by atoms with Crippen molar-refractivity contribution >= 4 is 15.5 Å². The van der Waals surface area contributed by atoms with Crippen molar-refractivity contribution in [1.82, 2.24) is 15.2 Å². The number of hydrogen-bond donors (Lipinski definition) is 2. The van der Waals surface area contributed by atoms with Crippen LogP contribution in [0.3, 0.4) is 0 Å². The third-order valence-electron chi connectivity index (χ3n) is 2.43. The largest absolute Gasteiger partial charge is 0.384 e. The smallest absolute Gasteiger partial charge is 0.177 e. The third kappa shape index (κ3) is 3.07. The second-order valence-electron chi connectivity index (χ2n) is 3.88. The van der Waals surface area contributed by atoms with E-state index >= 15 is 0 Å². The molecule has 18 heavy (non-hydrogen) atoms. The summed E-state index contributed by atoms with van der Waals surface area (Å²) < 4.78 is 23.2. The standard InChI is InChI=1S/C11H14N4O2S/c1-18(16,17)10-5-3-2-4-9(10)12-7-6-11-13-8-14-15-11/h2-5,8,12H,6-7H2,1H3,(H,13,14,15). The summed E-state index contributed by atoms with van der Waals surface area (Å²) in [5.41, 5.74) is 0.611. The van der Waals surface area contributed by atoms with E-state index in [0.717, 1.165) is 5.82 Å². The molecular formula is C11H14N4O2S. The number of para-hydroxylation sites is 1. The lowest BCUT2D eigenvalue weighted by molar-refractivity contribution is 0.602. The number of nitrogens with one attached hydrogen (secondary N) is 2. The van der Waals surface area contributed by atoms with E-state index in [1.165, 1.54) is 12.6 Å². The molecule has 0 unspecified atom stereocenters. The minimum absolute atomic E-state index is 0.308. The summed E-state index contributed by atoms with van der Waals surface area (Å²) in [5.74, 6) is 0.763. The number of rotatable bonds is 5. The van der Waals surface area contributed by atoms with Gasteiger partial charge in [-0.1, -0.05) is 12.1 Å². The molecule has 1 heterocycles.